The van der Waals surface area contributed by atoms with Crippen molar-refractivity contribution in [3.63, 3.8) is 0 Å². The van der Waals surface area contributed by atoms with Gasteiger partial charge in [-0.15, -0.1) is 24.0 Å². The van der Waals surface area contributed by atoms with Crippen LogP contribution >= 0.6 is 35.6 Å². The number of nitrogens with one attached hydrogen (secondary N) is 3. The van der Waals surface area contributed by atoms with Gasteiger partial charge in [0.2, 0.25) is 5.91 Å². The van der Waals surface area contributed by atoms with E-state index in [1.807, 2.05) is 20.8 Å². The fourth-order valence-electron chi connectivity index (χ4n) is 1.92. The van der Waals surface area contributed by atoms with E-state index in [0.717, 1.165) is 0 Å². The van der Waals surface area contributed by atoms with Crippen molar-refractivity contribution < 1.29 is 18.3 Å². The second-order valence-electron chi connectivity index (χ2n) is 6.49. The molecule has 1 aromatic carbocycles. The first-order valence-corrected chi connectivity index (χ1v) is 8.47. The van der Waals surface area contributed by atoms with Gasteiger partial charge in [-0.05, 0) is 18.2 Å². The Kier molecular flexibility index (Phi) is 11.6. The van der Waals surface area contributed by atoms with Gasteiger partial charge in [0, 0.05) is 42.7 Å². The predicted molar refractivity (Wildman–Crippen MR) is 114 cm³/mol. The Morgan fingerprint density at radius 1 is 1.22 bits per heavy atom. The van der Waals surface area contributed by atoms with Crippen LogP contribution in [0.25, 0.3) is 0 Å². The predicted octanol–water partition coefficient (Wildman–Crippen LogP) is 3.39. The van der Waals surface area contributed by atoms with Gasteiger partial charge in [-0.1, -0.05) is 32.4 Å². The fourth-order valence-corrected chi connectivity index (χ4v) is 2.11. The summed E-state index contributed by atoms with van der Waals surface area (Å²) in [5.41, 5.74) is 0.0231. The summed E-state index contributed by atoms with van der Waals surface area (Å²) < 4.78 is 29.4. The zero-order chi connectivity index (χ0) is 19.7. The van der Waals surface area contributed by atoms with Crippen LogP contribution in [-0.2, 0) is 11.3 Å². The Bertz CT molecular complexity index is 640. The van der Waals surface area contributed by atoms with E-state index in [4.69, 9.17) is 11.6 Å². The minimum atomic E-state index is -2.92. The number of hydrogen-bond donors (Lipinski definition) is 3. The van der Waals surface area contributed by atoms with E-state index in [2.05, 4.69) is 25.7 Å². The first kappa shape index (κ1) is 25.6. The van der Waals surface area contributed by atoms with E-state index < -0.39 is 12.0 Å². The number of carbonyl (C=O) groups is 1. The second-order valence-corrected chi connectivity index (χ2v) is 6.93. The highest BCUT2D eigenvalue weighted by Crippen LogP contribution is 2.24. The zero-order valence-electron chi connectivity index (χ0n) is 15.7. The molecule has 0 aliphatic heterocycles. The lowest BCUT2D eigenvalue weighted by molar-refractivity contribution is -0.128. The van der Waals surface area contributed by atoms with Crippen LogP contribution in [0.3, 0.4) is 0 Å². The molecule has 6 nitrogen and oxygen atoms in total. The summed E-state index contributed by atoms with van der Waals surface area (Å²) in [4.78, 5) is 15.8. The van der Waals surface area contributed by atoms with Gasteiger partial charge in [0.15, 0.2) is 5.96 Å². The summed E-state index contributed by atoms with van der Waals surface area (Å²) in [5.74, 6) is 0.456. The number of benzene rings is 1. The average Bonchev–Trinajstić information content (AvgIpc) is 2.54. The summed E-state index contributed by atoms with van der Waals surface area (Å²) in [6.07, 6.45) is 0. The van der Waals surface area contributed by atoms with Crippen LogP contribution in [0.1, 0.15) is 26.3 Å². The second kappa shape index (κ2) is 12.2. The molecule has 0 saturated heterocycles. The molecule has 0 aromatic heterocycles. The van der Waals surface area contributed by atoms with Crippen LogP contribution in [0, 0.1) is 5.41 Å². The number of halogens is 4. The molecule has 0 aliphatic rings. The smallest absolute Gasteiger partial charge is 0.387 e. The molecule has 0 bridgehead atoms. The number of hydrogen-bond acceptors (Lipinski definition) is 3. The molecular formula is C17H26ClF2IN4O2. The maximum Gasteiger partial charge on any atom is 0.387 e. The lowest BCUT2D eigenvalue weighted by Gasteiger charge is -2.18. The summed E-state index contributed by atoms with van der Waals surface area (Å²) >= 11 is 5.91. The van der Waals surface area contributed by atoms with Gasteiger partial charge in [0.1, 0.15) is 5.75 Å². The SMILES string of the molecule is CN=C(NCCNC(=O)C(C)(C)C)NCc1cc(Cl)ccc1OC(F)F.I. The Balaban J connectivity index is 0.00000676. The molecule has 0 radical (unpaired) electrons. The van der Waals surface area contributed by atoms with Crippen molar-refractivity contribution in [1.29, 1.82) is 0 Å². The first-order valence-electron chi connectivity index (χ1n) is 8.09. The molecule has 0 fully saturated rings. The number of rotatable bonds is 7. The van der Waals surface area contributed by atoms with Gasteiger partial charge < -0.3 is 20.7 Å². The quantitative estimate of drug-likeness (QED) is 0.224. The van der Waals surface area contributed by atoms with Gasteiger partial charge >= 0.3 is 6.61 Å². The van der Waals surface area contributed by atoms with Crippen LogP contribution in [0.2, 0.25) is 5.02 Å². The standard InChI is InChI=1S/C17H25ClF2N4O2.HI/c1-17(2,3)14(25)22-7-8-23-16(21-4)24-10-11-9-12(18)5-6-13(11)26-15(19)20;/h5-6,9,15H,7-8,10H2,1-4H3,(H,22,25)(H2,21,23,24);1H. The zero-order valence-corrected chi connectivity index (χ0v) is 18.8. The van der Waals surface area contributed by atoms with Crippen molar-refractivity contribution >= 4 is 47.4 Å². The minimum absolute atomic E-state index is 0. The normalized spacial score (nSPS) is 11.6. The maximum atomic E-state index is 12.5. The van der Waals surface area contributed by atoms with Crippen LogP contribution in [-0.4, -0.2) is 38.6 Å². The number of guanidine groups is 1. The van der Waals surface area contributed by atoms with Gasteiger partial charge in [-0.25, -0.2) is 0 Å². The van der Waals surface area contributed by atoms with Gasteiger partial charge in [0.05, 0.1) is 0 Å². The number of amides is 1. The monoisotopic (exact) mass is 518 g/mol. The summed E-state index contributed by atoms with van der Waals surface area (Å²) in [7, 11) is 1.58. The van der Waals surface area contributed by atoms with Crippen molar-refractivity contribution in [1.82, 2.24) is 16.0 Å². The highest BCUT2D eigenvalue weighted by Gasteiger charge is 2.20. The van der Waals surface area contributed by atoms with Gasteiger partial charge in [-0.3, -0.25) is 9.79 Å². The highest BCUT2D eigenvalue weighted by molar-refractivity contribution is 14.0. The molecule has 0 saturated carbocycles. The average molecular weight is 519 g/mol. The summed E-state index contributed by atoms with van der Waals surface area (Å²) in [5, 5.41) is 9.23. The lowest BCUT2D eigenvalue weighted by atomic mass is 9.96. The summed E-state index contributed by atoms with van der Waals surface area (Å²) in [6, 6.07) is 4.42. The van der Waals surface area contributed by atoms with E-state index in [1.165, 1.54) is 12.1 Å². The van der Waals surface area contributed by atoms with Crippen LogP contribution in [0.15, 0.2) is 23.2 Å². The Morgan fingerprint density at radius 3 is 2.41 bits per heavy atom. The number of aliphatic imine (C=N–C) groups is 1. The Labute approximate surface area is 180 Å². The number of ether oxygens (including phenoxy) is 1. The van der Waals surface area contributed by atoms with Crippen molar-refractivity contribution in [2.24, 2.45) is 10.4 Å². The van der Waals surface area contributed by atoms with E-state index in [1.54, 1.807) is 13.1 Å². The third-order valence-electron chi connectivity index (χ3n) is 3.29. The van der Waals surface area contributed by atoms with E-state index in [-0.39, 0.29) is 42.2 Å². The lowest BCUT2D eigenvalue weighted by Crippen LogP contribution is -2.43. The molecule has 3 N–H and O–H groups in total. The van der Waals surface area contributed by atoms with Crippen molar-refractivity contribution in [3.05, 3.63) is 28.8 Å². The third-order valence-corrected chi connectivity index (χ3v) is 3.53. The van der Waals surface area contributed by atoms with Crippen LogP contribution in [0.5, 0.6) is 5.75 Å². The molecule has 0 aliphatic carbocycles. The topological polar surface area (TPSA) is 74.8 Å². The largest absolute Gasteiger partial charge is 0.434 e. The van der Waals surface area contributed by atoms with Crippen LogP contribution in [0.4, 0.5) is 8.78 Å². The summed E-state index contributed by atoms with van der Waals surface area (Å²) in [6.45, 7) is 3.65. The minimum Gasteiger partial charge on any atom is -0.434 e. The molecule has 0 atom stereocenters. The van der Waals surface area contributed by atoms with E-state index in [0.29, 0.717) is 29.6 Å². The third kappa shape index (κ3) is 9.94. The Morgan fingerprint density at radius 2 is 1.85 bits per heavy atom. The number of alkyl halides is 2. The fraction of sp³-hybridized carbons (Fsp3) is 0.529. The van der Waals surface area contributed by atoms with Gasteiger partial charge in [0.25, 0.3) is 0 Å². The molecule has 1 amide bonds. The molecule has 1 aromatic rings. The number of carbonyl (C=O) groups excluding carboxylic acids is 1. The molecule has 10 heteroatoms. The molecule has 0 spiro atoms. The van der Waals surface area contributed by atoms with E-state index in [9.17, 15) is 13.6 Å². The van der Waals surface area contributed by atoms with E-state index >= 15 is 0 Å². The van der Waals surface area contributed by atoms with Crippen molar-refractivity contribution in [3.8, 4) is 5.75 Å². The molecule has 1 rings (SSSR count). The first-order chi connectivity index (χ1) is 12.1. The number of nitrogens with zero attached hydrogens (tertiary/aromatic N) is 1. The van der Waals surface area contributed by atoms with Gasteiger partial charge in [-0.2, -0.15) is 8.78 Å². The maximum absolute atomic E-state index is 12.5. The molecular weight excluding hydrogens is 493 g/mol. The van der Waals surface area contributed by atoms with Crippen molar-refractivity contribution in [2.75, 3.05) is 20.1 Å². The van der Waals surface area contributed by atoms with Crippen molar-refractivity contribution in [2.45, 2.75) is 33.9 Å². The molecule has 154 valence electrons. The molecule has 0 heterocycles. The molecule has 0 unspecified atom stereocenters. The Hall–Kier alpha value is -1.36. The van der Waals surface area contributed by atoms with Crippen LogP contribution < -0.4 is 20.7 Å². The highest BCUT2D eigenvalue weighted by atomic mass is 127. The molecule has 27 heavy (non-hydrogen) atoms.